The van der Waals surface area contributed by atoms with Crippen LogP contribution in [0.4, 0.5) is 0 Å². The molecule has 0 spiro atoms. The zero-order chi connectivity index (χ0) is 13.4. The van der Waals surface area contributed by atoms with Gasteiger partial charge in [-0.15, -0.1) is 0 Å². The van der Waals surface area contributed by atoms with Crippen LogP contribution in [0.3, 0.4) is 0 Å². The van der Waals surface area contributed by atoms with Crippen molar-refractivity contribution in [2.75, 3.05) is 13.7 Å². The Hall–Kier alpha value is -1.16. The van der Waals surface area contributed by atoms with Gasteiger partial charge < -0.3 is 10.1 Å². The average molecular weight is 251 g/mol. The molecule has 4 nitrogen and oxygen atoms in total. The Kier molecular flexibility index (Phi) is 6.65. The molecule has 0 amide bonds. The van der Waals surface area contributed by atoms with Gasteiger partial charge in [0.1, 0.15) is 6.33 Å². The second kappa shape index (κ2) is 8.03. The summed E-state index contributed by atoms with van der Waals surface area (Å²) in [5, 5.41) is 3.60. The van der Waals surface area contributed by atoms with Gasteiger partial charge in [-0.05, 0) is 18.9 Å². The second-order valence-electron chi connectivity index (χ2n) is 4.70. The summed E-state index contributed by atoms with van der Waals surface area (Å²) in [4.78, 5) is 8.36. The van der Waals surface area contributed by atoms with Crippen LogP contribution in [-0.2, 0) is 6.42 Å². The van der Waals surface area contributed by atoms with Gasteiger partial charge in [-0.2, -0.15) is 0 Å². The van der Waals surface area contributed by atoms with Crippen molar-refractivity contribution in [1.29, 1.82) is 0 Å². The molecule has 0 bridgehead atoms. The normalized spacial score (nSPS) is 14.2. The maximum Gasteiger partial charge on any atom is 0.216 e. The zero-order valence-corrected chi connectivity index (χ0v) is 11.9. The lowest BCUT2D eigenvalue weighted by molar-refractivity contribution is 0.360. The van der Waals surface area contributed by atoms with Crippen LogP contribution in [-0.4, -0.2) is 29.7 Å². The minimum absolute atomic E-state index is 0.467. The van der Waals surface area contributed by atoms with E-state index in [2.05, 4.69) is 36.1 Å². The van der Waals surface area contributed by atoms with E-state index in [0.29, 0.717) is 17.8 Å². The smallest absolute Gasteiger partial charge is 0.216 e. The van der Waals surface area contributed by atoms with Crippen molar-refractivity contribution in [3.8, 4) is 5.88 Å². The number of methoxy groups -OCH3 is 1. The van der Waals surface area contributed by atoms with E-state index in [4.69, 9.17) is 4.74 Å². The summed E-state index contributed by atoms with van der Waals surface area (Å²) in [7, 11) is 1.63. The lowest BCUT2D eigenvalue weighted by Gasteiger charge is -2.24. The molecular formula is C14H25N3O. The first-order valence-electron chi connectivity index (χ1n) is 6.79. The van der Waals surface area contributed by atoms with Crippen LogP contribution in [0.5, 0.6) is 5.88 Å². The van der Waals surface area contributed by atoms with Gasteiger partial charge >= 0.3 is 0 Å². The van der Waals surface area contributed by atoms with E-state index in [1.807, 2.05) is 6.07 Å². The molecule has 1 aromatic heterocycles. The van der Waals surface area contributed by atoms with Gasteiger partial charge in [0.2, 0.25) is 5.88 Å². The Morgan fingerprint density at radius 3 is 2.72 bits per heavy atom. The Balaban J connectivity index is 2.68. The van der Waals surface area contributed by atoms with Crippen molar-refractivity contribution in [2.24, 2.45) is 5.92 Å². The van der Waals surface area contributed by atoms with E-state index < -0.39 is 0 Å². The first-order chi connectivity index (χ1) is 8.71. The maximum absolute atomic E-state index is 5.13. The summed E-state index contributed by atoms with van der Waals surface area (Å²) in [5.41, 5.74) is 1.04. The molecule has 102 valence electrons. The van der Waals surface area contributed by atoms with E-state index in [-0.39, 0.29) is 0 Å². The van der Waals surface area contributed by atoms with Gasteiger partial charge in [-0.3, -0.25) is 0 Å². The molecule has 2 unspecified atom stereocenters. The summed E-state index contributed by atoms with van der Waals surface area (Å²) in [6.07, 6.45) is 4.82. The van der Waals surface area contributed by atoms with E-state index in [1.54, 1.807) is 13.4 Å². The van der Waals surface area contributed by atoms with Crippen molar-refractivity contribution in [1.82, 2.24) is 15.3 Å². The largest absolute Gasteiger partial charge is 0.481 e. The minimum Gasteiger partial charge on any atom is -0.481 e. The van der Waals surface area contributed by atoms with Gasteiger partial charge in [0.15, 0.2) is 0 Å². The third kappa shape index (κ3) is 4.61. The molecule has 0 radical (unpaired) electrons. The zero-order valence-electron chi connectivity index (χ0n) is 11.9. The van der Waals surface area contributed by atoms with Crippen LogP contribution in [0.2, 0.25) is 0 Å². The predicted octanol–water partition coefficient (Wildman–Crippen LogP) is 2.44. The van der Waals surface area contributed by atoms with E-state index in [0.717, 1.165) is 25.1 Å². The van der Waals surface area contributed by atoms with Crippen molar-refractivity contribution in [3.63, 3.8) is 0 Å². The number of ether oxygens (including phenoxy) is 1. The van der Waals surface area contributed by atoms with Crippen LogP contribution >= 0.6 is 0 Å². The molecule has 1 heterocycles. The number of nitrogens with one attached hydrogen (secondary N) is 1. The molecule has 0 saturated heterocycles. The van der Waals surface area contributed by atoms with Crippen LogP contribution in [0, 0.1) is 5.92 Å². The number of aromatic nitrogens is 2. The quantitative estimate of drug-likeness (QED) is 0.771. The highest BCUT2D eigenvalue weighted by Crippen LogP contribution is 2.14. The molecular weight excluding hydrogens is 226 g/mol. The van der Waals surface area contributed by atoms with Gasteiger partial charge in [-0.25, -0.2) is 9.97 Å². The fourth-order valence-electron chi connectivity index (χ4n) is 1.91. The summed E-state index contributed by atoms with van der Waals surface area (Å²) < 4.78 is 5.13. The summed E-state index contributed by atoms with van der Waals surface area (Å²) in [6.45, 7) is 7.75. The molecule has 0 aliphatic heterocycles. The number of nitrogens with zero attached hydrogens (tertiary/aromatic N) is 2. The molecule has 0 aromatic carbocycles. The Morgan fingerprint density at radius 2 is 2.11 bits per heavy atom. The van der Waals surface area contributed by atoms with Gasteiger partial charge in [-0.1, -0.05) is 27.2 Å². The Labute approximate surface area is 110 Å². The Bertz CT molecular complexity index is 344. The lowest BCUT2D eigenvalue weighted by Crippen LogP contribution is -2.37. The molecule has 1 aromatic rings. The molecule has 4 heteroatoms. The standard InChI is InChI=1S/C14H25N3O/c1-5-7-15-13(11(3)6-2)8-12-9-14(18-4)17-10-16-12/h9-11,13,15H,5-8H2,1-4H3. The number of hydrogen-bond donors (Lipinski definition) is 1. The second-order valence-corrected chi connectivity index (χ2v) is 4.70. The maximum atomic E-state index is 5.13. The summed E-state index contributed by atoms with van der Waals surface area (Å²) in [5.74, 6) is 1.27. The van der Waals surface area contributed by atoms with E-state index >= 15 is 0 Å². The molecule has 18 heavy (non-hydrogen) atoms. The van der Waals surface area contributed by atoms with Crippen LogP contribution < -0.4 is 10.1 Å². The highest BCUT2D eigenvalue weighted by Gasteiger charge is 2.16. The SMILES string of the molecule is CCCNC(Cc1cc(OC)ncn1)C(C)CC. The third-order valence-electron chi connectivity index (χ3n) is 3.32. The third-order valence-corrected chi connectivity index (χ3v) is 3.32. The highest BCUT2D eigenvalue weighted by molar-refractivity contribution is 5.14. The van der Waals surface area contributed by atoms with Crippen LogP contribution in [0.15, 0.2) is 12.4 Å². The summed E-state index contributed by atoms with van der Waals surface area (Å²) in [6, 6.07) is 2.39. The predicted molar refractivity (Wildman–Crippen MR) is 73.8 cm³/mol. The number of hydrogen-bond acceptors (Lipinski definition) is 4. The van der Waals surface area contributed by atoms with Gasteiger partial charge in [0.05, 0.1) is 7.11 Å². The highest BCUT2D eigenvalue weighted by atomic mass is 16.5. The van der Waals surface area contributed by atoms with Crippen molar-refractivity contribution in [2.45, 2.75) is 46.1 Å². The fraction of sp³-hybridized carbons (Fsp3) is 0.714. The fourth-order valence-corrected chi connectivity index (χ4v) is 1.91. The van der Waals surface area contributed by atoms with Crippen molar-refractivity contribution < 1.29 is 4.74 Å². The molecule has 1 rings (SSSR count). The average Bonchev–Trinajstić information content (AvgIpc) is 2.42. The van der Waals surface area contributed by atoms with Crippen LogP contribution in [0.25, 0.3) is 0 Å². The Morgan fingerprint density at radius 1 is 1.33 bits per heavy atom. The van der Waals surface area contributed by atoms with Crippen molar-refractivity contribution >= 4 is 0 Å². The molecule has 0 aliphatic rings. The van der Waals surface area contributed by atoms with Crippen LogP contribution in [0.1, 0.15) is 39.3 Å². The van der Waals surface area contributed by atoms with Gasteiger partial charge in [0.25, 0.3) is 0 Å². The topological polar surface area (TPSA) is 47.0 Å². The van der Waals surface area contributed by atoms with E-state index in [1.165, 1.54) is 6.42 Å². The van der Waals surface area contributed by atoms with Crippen molar-refractivity contribution in [3.05, 3.63) is 18.1 Å². The summed E-state index contributed by atoms with van der Waals surface area (Å²) >= 11 is 0. The molecule has 2 atom stereocenters. The first-order valence-corrected chi connectivity index (χ1v) is 6.79. The minimum atomic E-state index is 0.467. The molecule has 1 N–H and O–H groups in total. The lowest BCUT2D eigenvalue weighted by atomic mass is 9.95. The van der Waals surface area contributed by atoms with E-state index in [9.17, 15) is 0 Å². The monoisotopic (exact) mass is 251 g/mol. The molecule has 0 aliphatic carbocycles. The number of rotatable bonds is 8. The molecule has 0 saturated carbocycles. The first kappa shape index (κ1) is 14.9. The van der Waals surface area contributed by atoms with Gasteiger partial charge in [0, 0.05) is 24.2 Å². The molecule has 0 fully saturated rings.